The van der Waals surface area contributed by atoms with Crippen molar-refractivity contribution in [3.05, 3.63) is 65.5 Å². The van der Waals surface area contributed by atoms with E-state index in [1.54, 1.807) is 6.20 Å². The molecule has 3 nitrogen and oxygen atoms in total. The van der Waals surface area contributed by atoms with Gasteiger partial charge < -0.3 is 4.90 Å². The van der Waals surface area contributed by atoms with E-state index < -0.39 is 0 Å². The van der Waals surface area contributed by atoms with Gasteiger partial charge in [0.05, 0.1) is 11.6 Å². The fraction of sp³-hybridized carbons (Fsp3) is 0.300. The first-order valence-corrected chi connectivity index (χ1v) is 8.02. The SMILES string of the molecule is CN1CCCC[C@H](c2ccc(C#Cc3ccccc3)cn2)C1=O. The Morgan fingerprint density at radius 2 is 1.83 bits per heavy atom. The van der Waals surface area contributed by atoms with Crippen LogP contribution in [0, 0.1) is 11.8 Å². The number of carbonyl (C=O) groups excluding carboxylic acids is 1. The highest BCUT2D eigenvalue weighted by Crippen LogP contribution is 2.25. The van der Waals surface area contributed by atoms with Crippen LogP contribution in [-0.4, -0.2) is 29.4 Å². The van der Waals surface area contributed by atoms with Crippen molar-refractivity contribution in [2.45, 2.75) is 25.2 Å². The maximum absolute atomic E-state index is 12.4. The molecule has 0 unspecified atom stereocenters. The summed E-state index contributed by atoms with van der Waals surface area (Å²) < 4.78 is 0. The highest BCUT2D eigenvalue weighted by atomic mass is 16.2. The van der Waals surface area contributed by atoms with Gasteiger partial charge in [-0.25, -0.2) is 0 Å². The molecule has 3 heteroatoms. The predicted octanol–water partition coefficient (Wildman–Crippen LogP) is 3.21. The third-order valence-electron chi connectivity index (χ3n) is 4.18. The Labute approximate surface area is 137 Å². The number of carbonyl (C=O) groups is 1. The van der Waals surface area contributed by atoms with Crippen molar-refractivity contribution in [3.8, 4) is 11.8 Å². The van der Waals surface area contributed by atoms with Crippen molar-refractivity contribution < 1.29 is 4.79 Å². The first-order valence-electron chi connectivity index (χ1n) is 8.02. The van der Waals surface area contributed by atoms with Gasteiger partial charge in [-0.05, 0) is 37.1 Å². The number of pyridine rings is 1. The Hall–Kier alpha value is -2.60. The normalized spacial score (nSPS) is 18.0. The van der Waals surface area contributed by atoms with E-state index in [-0.39, 0.29) is 11.8 Å². The van der Waals surface area contributed by atoms with E-state index >= 15 is 0 Å². The van der Waals surface area contributed by atoms with E-state index in [9.17, 15) is 4.79 Å². The summed E-state index contributed by atoms with van der Waals surface area (Å²) in [6.07, 6.45) is 4.78. The van der Waals surface area contributed by atoms with Crippen molar-refractivity contribution in [2.24, 2.45) is 0 Å². The van der Waals surface area contributed by atoms with E-state index in [1.165, 1.54) is 0 Å². The number of benzene rings is 1. The van der Waals surface area contributed by atoms with Gasteiger partial charge in [-0.3, -0.25) is 9.78 Å². The van der Waals surface area contributed by atoms with Gasteiger partial charge >= 0.3 is 0 Å². The summed E-state index contributed by atoms with van der Waals surface area (Å²) in [5, 5.41) is 0. The molecule has 3 rings (SSSR count). The molecule has 23 heavy (non-hydrogen) atoms. The number of hydrogen-bond acceptors (Lipinski definition) is 2. The second-order valence-corrected chi connectivity index (χ2v) is 5.90. The van der Waals surface area contributed by atoms with Crippen LogP contribution in [0.15, 0.2) is 48.7 Å². The highest BCUT2D eigenvalue weighted by Gasteiger charge is 2.26. The summed E-state index contributed by atoms with van der Waals surface area (Å²) >= 11 is 0. The molecule has 0 bridgehead atoms. The van der Waals surface area contributed by atoms with Crippen LogP contribution in [0.2, 0.25) is 0 Å². The molecule has 1 aliphatic rings. The first kappa shape index (κ1) is 15.3. The number of hydrogen-bond donors (Lipinski definition) is 0. The molecule has 1 amide bonds. The Morgan fingerprint density at radius 1 is 1.04 bits per heavy atom. The highest BCUT2D eigenvalue weighted by molar-refractivity contribution is 5.83. The Bertz CT molecular complexity index is 726. The van der Waals surface area contributed by atoms with Crippen LogP contribution in [0.3, 0.4) is 0 Å². The Morgan fingerprint density at radius 3 is 2.57 bits per heavy atom. The van der Waals surface area contributed by atoms with Crippen LogP contribution in [0.5, 0.6) is 0 Å². The van der Waals surface area contributed by atoms with Gasteiger partial charge in [0.25, 0.3) is 0 Å². The number of aromatic nitrogens is 1. The van der Waals surface area contributed by atoms with Gasteiger partial charge in [0.15, 0.2) is 0 Å². The summed E-state index contributed by atoms with van der Waals surface area (Å²) in [6, 6.07) is 13.8. The van der Waals surface area contributed by atoms with Crippen LogP contribution in [0.1, 0.15) is 42.0 Å². The monoisotopic (exact) mass is 304 g/mol. The molecule has 1 aromatic carbocycles. The molecule has 0 saturated carbocycles. The molecule has 0 spiro atoms. The zero-order valence-corrected chi connectivity index (χ0v) is 13.3. The van der Waals surface area contributed by atoms with Crippen molar-refractivity contribution in [2.75, 3.05) is 13.6 Å². The fourth-order valence-corrected chi connectivity index (χ4v) is 2.82. The number of nitrogens with zero attached hydrogens (tertiary/aromatic N) is 2. The summed E-state index contributed by atoms with van der Waals surface area (Å²) in [4.78, 5) is 18.7. The molecule has 116 valence electrons. The average molecular weight is 304 g/mol. The molecule has 0 aliphatic carbocycles. The van der Waals surface area contributed by atoms with E-state index in [4.69, 9.17) is 0 Å². The van der Waals surface area contributed by atoms with E-state index in [0.717, 1.165) is 42.6 Å². The van der Waals surface area contributed by atoms with E-state index in [2.05, 4.69) is 16.8 Å². The molecule has 0 radical (unpaired) electrons. The van der Waals surface area contributed by atoms with Crippen molar-refractivity contribution in [1.29, 1.82) is 0 Å². The minimum Gasteiger partial charge on any atom is -0.345 e. The second kappa shape index (κ2) is 7.11. The van der Waals surface area contributed by atoms with Gasteiger partial charge in [-0.1, -0.05) is 36.5 Å². The maximum Gasteiger partial charge on any atom is 0.231 e. The number of amides is 1. The molecule has 1 aromatic heterocycles. The quantitative estimate of drug-likeness (QED) is 0.758. The third kappa shape index (κ3) is 3.78. The lowest BCUT2D eigenvalue weighted by molar-refractivity contribution is -0.131. The van der Waals surface area contributed by atoms with Gasteiger partial charge in [-0.15, -0.1) is 0 Å². The molecule has 1 fully saturated rings. The standard InChI is InChI=1S/C20H20N2O/c1-22-14-6-5-9-18(20(22)23)19-13-12-17(15-21-19)11-10-16-7-3-2-4-8-16/h2-4,7-8,12-13,15,18H,5-6,9,14H2,1H3/t18-/m1/s1. The predicted molar refractivity (Wildman–Crippen MR) is 90.9 cm³/mol. The molecular weight excluding hydrogens is 284 g/mol. The number of rotatable bonds is 1. The topological polar surface area (TPSA) is 33.2 Å². The molecule has 2 aromatic rings. The molecule has 1 aliphatic heterocycles. The lowest BCUT2D eigenvalue weighted by Crippen LogP contribution is -2.30. The largest absolute Gasteiger partial charge is 0.345 e. The minimum absolute atomic E-state index is 0.112. The van der Waals surface area contributed by atoms with Gasteiger partial charge in [0.1, 0.15) is 0 Å². The van der Waals surface area contributed by atoms with Crippen LogP contribution in [-0.2, 0) is 4.79 Å². The summed E-state index contributed by atoms with van der Waals surface area (Å²) in [5.74, 6) is 6.30. The third-order valence-corrected chi connectivity index (χ3v) is 4.18. The van der Waals surface area contributed by atoms with Crippen molar-refractivity contribution >= 4 is 5.91 Å². The molecule has 1 atom stereocenters. The van der Waals surface area contributed by atoms with Crippen molar-refractivity contribution in [3.63, 3.8) is 0 Å². The maximum atomic E-state index is 12.4. The summed E-state index contributed by atoms with van der Waals surface area (Å²) in [7, 11) is 1.88. The number of likely N-dealkylation sites (N-methyl/N-ethyl adjacent to an activating group) is 1. The zero-order valence-electron chi connectivity index (χ0n) is 13.3. The Balaban J connectivity index is 1.77. The van der Waals surface area contributed by atoms with Crippen molar-refractivity contribution in [1.82, 2.24) is 9.88 Å². The first-order chi connectivity index (χ1) is 11.2. The lowest BCUT2D eigenvalue weighted by Gasteiger charge is -2.19. The fourth-order valence-electron chi connectivity index (χ4n) is 2.82. The summed E-state index contributed by atoms with van der Waals surface area (Å²) in [5.41, 5.74) is 2.71. The molecule has 2 heterocycles. The van der Waals surface area contributed by atoms with Crippen LogP contribution >= 0.6 is 0 Å². The molecule has 0 N–H and O–H groups in total. The van der Waals surface area contributed by atoms with Gasteiger partial charge in [0, 0.05) is 30.9 Å². The second-order valence-electron chi connectivity index (χ2n) is 5.90. The Kier molecular flexibility index (Phi) is 4.73. The number of likely N-dealkylation sites (tertiary alicyclic amines) is 1. The van der Waals surface area contributed by atoms with Gasteiger partial charge in [0.2, 0.25) is 5.91 Å². The zero-order chi connectivity index (χ0) is 16.1. The molecule has 1 saturated heterocycles. The van der Waals surface area contributed by atoms with Gasteiger partial charge in [-0.2, -0.15) is 0 Å². The van der Waals surface area contributed by atoms with Crippen LogP contribution in [0.25, 0.3) is 0 Å². The van der Waals surface area contributed by atoms with Crippen LogP contribution in [0.4, 0.5) is 0 Å². The summed E-state index contributed by atoms with van der Waals surface area (Å²) in [6.45, 7) is 0.843. The smallest absolute Gasteiger partial charge is 0.231 e. The minimum atomic E-state index is -0.112. The van der Waals surface area contributed by atoms with E-state index in [1.807, 2.05) is 54.4 Å². The van der Waals surface area contributed by atoms with Crippen LogP contribution < -0.4 is 0 Å². The average Bonchev–Trinajstić information content (AvgIpc) is 2.76. The lowest BCUT2D eigenvalue weighted by atomic mass is 9.97. The molecular formula is C20H20N2O. The van der Waals surface area contributed by atoms with E-state index in [0.29, 0.717) is 0 Å².